The summed E-state index contributed by atoms with van der Waals surface area (Å²) in [5, 5.41) is 4.27. The number of carbonyl (C=O) groups excluding carboxylic acids is 1. The van der Waals surface area contributed by atoms with Crippen molar-refractivity contribution in [3.8, 4) is 0 Å². The van der Waals surface area contributed by atoms with E-state index in [1.165, 1.54) is 38.5 Å². The van der Waals surface area contributed by atoms with E-state index in [9.17, 15) is 4.79 Å². The third-order valence-corrected chi connectivity index (χ3v) is 7.00. The highest BCUT2D eigenvalue weighted by molar-refractivity contribution is 5.96. The van der Waals surface area contributed by atoms with Crippen molar-refractivity contribution in [1.82, 2.24) is 5.32 Å². The summed E-state index contributed by atoms with van der Waals surface area (Å²) in [6.45, 7) is 2.22. The Labute approximate surface area is 142 Å². The maximum atomic E-state index is 12.7. The van der Waals surface area contributed by atoms with Gasteiger partial charge >= 0.3 is 0 Å². The summed E-state index contributed by atoms with van der Waals surface area (Å²) < 4.78 is 5.74. The number of rotatable bonds is 3. The van der Waals surface area contributed by atoms with Crippen molar-refractivity contribution in [2.75, 3.05) is 0 Å². The van der Waals surface area contributed by atoms with Crippen LogP contribution in [0, 0.1) is 23.2 Å². The van der Waals surface area contributed by atoms with Gasteiger partial charge in [-0.2, -0.15) is 0 Å². The number of fused-ring (bicyclic) bond motifs is 1. The maximum Gasteiger partial charge on any atom is 0.287 e. The van der Waals surface area contributed by atoms with Crippen molar-refractivity contribution in [2.24, 2.45) is 23.2 Å². The molecule has 2 aromatic rings. The van der Waals surface area contributed by atoms with Gasteiger partial charge in [-0.05, 0) is 80.8 Å². The lowest BCUT2D eigenvalue weighted by Crippen LogP contribution is -2.55. The SMILES string of the molecule is CC(NC(=O)c1cc2ccccc2o1)C12CC3CC(CC(C3)C1)C2. The normalized spacial score (nSPS) is 35.3. The molecule has 126 valence electrons. The summed E-state index contributed by atoms with van der Waals surface area (Å²) in [6, 6.07) is 9.89. The van der Waals surface area contributed by atoms with Crippen molar-refractivity contribution in [1.29, 1.82) is 0 Å². The molecule has 1 N–H and O–H groups in total. The van der Waals surface area contributed by atoms with Crippen LogP contribution in [0.15, 0.2) is 34.7 Å². The molecule has 6 rings (SSSR count). The van der Waals surface area contributed by atoms with Crippen LogP contribution in [0.4, 0.5) is 0 Å². The second-order valence-corrected chi connectivity index (χ2v) is 8.62. The van der Waals surface area contributed by atoms with E-state index >= 15 is 0 Å². The minimum Gasteiger partial charge on any atom is -0.451 e. The highest BCUT2D eigenvalue weighted by Gasteiger charge is 2.53. The van der Waals surface area contributed by atoms with Gasteiger partial charge in [0.05, 0.1) is 0 Å². The second-order valence-electron chi connectivity index (χ2n) is 8.62. The van der Waals surface area contributed by atoms with E-state index in [2.05, 4.69) is 12.2 Å². The Morgan fingerprint density at radius 2 is 1.75 bits per heavy atom. The average Bonchev–Trinajstić information content (AvgIpc) is 2.97. The fraction of sp³-hybridized carbons (Fsp3) is 0.571. The van der Waals surface area contributed by atoms with Crippen LogP contribution in [-0.2, 0) is 0 Å². The van der Waals surface area contributed by atoms with Gasteiger partial charge in [0.15, 0.2) is 5.76 Å². The van der Waals surface area contributed by atoms with Crippen LogP contribution in [-0.4, -0.2) is 11.9 Å². The smallest absolute Gasteiger partial charge is 0.287 e. The summed E-state index contributed by atoms with van der Waals surface area (Å²) in [4.78, 5) is 12.7. The first kappa shape index (κ1) is 14.6. The van der Waals surface area contributed by atoms with E-state index in [4.69, 9.17) is 4.42 Å². The molecule has 0 radical (unpaired) electrons. The minimum atomic E-state index is -0.0607. The Morgan fingerprint density at radius 3 is 2.38 bits per heavy atom. The number of hydrogen-bond acceptors (Lipinski definition) is 2. The number of benzene rings is 1. The molecule has 1 heterocycles. The average molecular weight is 323 g/mol. The first-order valence-corrected chi connectivity index (χ1v) is 9.41. The first-order chi connectivity index (χ1) is 11.6. The molecular formula is C21H25NO2. The molecule has 1 unspecified atom stereocenters. The molecule has 4 bridgehead atoms. The van der Waals surface area contributed by atoms with Crippen LogP contribution in [0.2, 0.25) is 0 Å². The molecule has 4 aliphatic rings. The predicted molar refractivity (Wildman–Crippen MR) is 93.7 cm³/mol. The van der Waals surface area contributed by atoms with E-state index in [1.807, 2.05) is 30.3 Å². The molecule has 1 aromatic heterocycles. The molecule has 0 spiro atoms. The van der Waals surface area contributed by atoms with Crippen molar-refractivity contribution in [3.63, 3.8) is 0 Å². The van der Waals surface area contributed by atoms with Crippen molar-refractivity contribution in [3.05, 3.63) is 36.1 Å². The van der Waals surface area contributed by atoms with Crippen molar-refractivity contribution in [2.45, 2.75) is 51.5 Å². The largest absolute Gasteiger partial charge is 0.451 e. The molecule has 1 aromatic carbocycles. The number of hydrogen-bond donors (Lipinski definition) is 1. The molecule has 4 saturated carbocycles. The molecule has 1 atom stereocenters. The molecule has 3 nitrogen and oxygen atoms in total. The number of para-hydroxylation sites is 1. The van der Waals surface area contributed by atoms with Gasteiger partial charge in [-0.25, -0.2) is 0 Å². The maximum absolute atomic E-state index is 12.7. The fourth-order valence-corrected chi connectivity index (χ4v) is 6.22. The van der Waals surface area contributed by atoms with Crippen molar-refractivity contribution < 1.29 is 9.21 Å². The highest BCUT2D eigenvalue weighted by atomic mass is 16.3. The fourth-order valence-electron chi connectivity index (χ4n) is 6.22. The van der Waals surface area contributed by atoms with E-state index < -0.39 is 0 Å². The molecule has 24 heavy (non-hydrogen) atoms. The van der Waals surface area contributed by atoms with Crippen LogP contribution >= 0.6 is 0 Å². The van der Waals surface area contributed by atoms with Gasteiger partial charge in [-0.3, -0.25) is 4.79 Å². The lowest BCUT2D eigenvalue weighted by atomic mass is 9.48. The molecule has 4 aliphatic carbocycles. The van der Waals surface area contributed by atoms with Crippen LogP contribution in [0.5, 0.6) is 0 Å². The van der Waals surface area contributed by atoms with E-state index in [0.717, 1.165) is 28.7 Å². The van der Waals surface area contributed by atoms with Crippen molar-refractivity contribution >= 4 is 16.9 Å². The Kier molecular flexibility index (Phi) is 3.10. The zero-order valence-electron chi connectivity index (χ0n) is 14.3. The third-order valence-electron chi connectivity index (χ3n) is 7.00. The van der Waals surface area contributed by atoms with E-state index in [1.54, 1.807) is 0 Å². The zero-order valence-corrected chi connectivity index (χ0v) is 14.3. The molecule has 3 heteroatoms. The third kappa shape index (κ3) is 2.21. The standard InChI is InChI=1S/C21H25NO2/c1-13(21-10-14-6-15(11-21)8-16(7-14)12-21)22-20(23)19-9-17-4-2-3-5-18(17)24-19/h2-5,9,13-16H,6-8,10-12H2,1H3,(H,22,23). The van der Waals surface area contributed by atoms with Gasteiger partial charge in [0.25, 0.3) is 5.91 Å². The molecule has 1 amide bonds. The quantitative estimate of drug-likeness (QED) is 0.884. The van der Waals surface area contributed by atoms with Gasteiger partial charge in [0.2, 0.25) is 0 Å². The Hall–Kier alpha value is -1.77. The Bertz CT molecular complexity index is 722. The number of furan rings is 1. The van der Waals surface area contributed by atoms with Crippen LogP contribution in [0.25, 0.3) is 11.0 Å². The second kappa shape index (κ2) is 5.11. The Morgan fingerprint density at radius 1 is 1.12 bits per heavy atom. The summed E-state index contributed by atoms with van der Waals surface area (Å²) >= 11 is 0. The Balaban J connectivity index is 1.36. The minimum absolute atomic E-state index is 0.0607. The lowest BCUT2D eigenvalue weighted by Gasteiger charge is -2.59. The van der Waals surface area contributed by atoms with Gasteiger partial charge in [0, 0.05) is 11.4 Å². The van der Waals surface area contributed by atoms with E-state index in [0.29, 0.717) is 11.2 Å². The number of nitrogens with one attached hydrogen (secondary N) is 1. The molecule has 4 fully saturated rings. The highest BCUT2D eigenvalue weighted by Crippen LogP contribution is 2.61. The van der Waals surface area contributed by atoms with Crippen LogP contribution in [0.1, 0.15) is 56.0 Å². The first-order valence-electron chi connectivity index (χ1n) is 9.41. The molecule has 0 saturated heterocycles. The topological polar surface area (TPSA) is 42.2 Å². The number of amides is 1. The molecular weight excluding hydrogens is 298 g/mol. The van der Waals surface area contributed by atoms with E-state index in [-0.39, 0.29) is 11.9 Å². The van der Waals surface area contributed by atoms with Gasteiger partial charge in [0.1, 0.15) is 5.58 Å². The summed E-state index contributed by atoms with van der Waals surface area (Å²) in [5.74, 6) is 3.09. The van der Waals surface area contributed by atoms with Gasteiger partial charge < -0.3 is 9.73 Å². The van der Waals surface area contributed by atoms with Gasteiger partial charge in [-0.15, -0.1) is 0 Å². The summed E-state index contributed by atoms with van der Waals surface area (Å²) in [6.07, 6.45) is 8.22. The zero-order chi connectivity index (χ0) is 16.3. The summed E-state index contributed by atoms with van der Waals surface area (Å²) in [5.41, 5.74) is 1.11. The van der Waals surface area contributed by atoms with Gasteiger partial charge in [-0.1, -0.05) is 18.2 Å². The number of carbonyl (C=O) groups is 1. The lowest BCUT2D eigenvalue weighted by molar-refractivity contribution is -0.0688. The monoisotopic (exact) mass is 323 g/mol. The predicted octanol–water partition coefficient (Wildman–Crippen LogP) is 4.77. The summed E-state index contributed by atoms with van der Waals surface area (Å²) in [7, 11) is 0. The molecule has 0 aliphatic heterocycles. The van der Waals surface area contributed by atoms with Crippen LogP contribution < -0.4 is 5.32 Å². The van der Waals surface area contributed by atoms with Crippen LogP contribution in [0.3, 0.4) is 0 Å².